The van der Waals surface area contributed by atoms with E-state index in [0.29, 0.717) is 18.4 Å². The number of carbonyl (C=O) groups excluding carboxylic acids is 3. The molecule has 8 N–H and O–H groups in total. The van der Waals surface area contributed by atoms with Gasteiger partial charge in [0.25, 0.3) is 0 Å². The van der Waals surface area contributed by atoms with Gasteiger partial charge in [0.05, 0.1) is 18.6 Å². The third kappa shape index (κ3) is 7.05. The molecule has 1 aromatic rings. The number of amides is 3. The fourth-order valence-corrected chi connectivity index (χ4v) is 5.04. The molecule has 11 nitrogen and oxygen atoms in total. The summed E-state index contributed by atoms with van der Waals surface area (Å²) in [6.07, 6.45) is 1.23. The summed E-state index contributed by atoms with van der Waals surface area (Å²) in [6, 6.07) is 3.91. The van der Waals surface area contributed by atoms with Crippen molar-refractivity contribution in [3.05, 3.63) is 41.5 Å². The van der Waals surface area contributed by atoms with Crippen LogP contribution in [0.1, 0.15) is 50.5 Å². The number of rotatable bonds is 10. The van der Waals surface area contributed by atoms with Crippen LogP contribution in [0, 0.1) is 5.41 Å². The second kappa shape index (κ2) is 11.5. The number of aromatic hydroxyl groups is 1. The average Bonchev–Trinajstić information content (AvgIpc) is 3.24. The number of benzene rings is 1. The van der Waals surface area contributed by atoms with Crippen LogP contribution in [0.4, 0.5) is 0 Å². The largest absolute Gasteiger partial charge is 0.508 e. The summed E-state index contributed by atoms with van der Waals surface area (Å²) in [4.78, 5) is 48.9. The van der Waals surface area contributed by atoms with Gasteiger partial charge in [-0.05, 0) is 36.0 Å². The third-order valence-corrected chi connectivity index (χ3v) is 6.94. The van der Waals surface area contributed by atoms with Crippen LogP contribution in [-0.2, 0) is 25.6 Å². The van der Waals surface area contributed by atoms with Crippen molar-refractivity contribution in [2.24, 2.45) is 11.1 Å². The number of hydrogen-bond donors (Lipinski definition) is 7. The quantitative estimate of drug-likeness (QED) is 0.229. The van der Waals surface area contributed by atoms with E-state index >= 15 is 0 Å². The summed E-state index contributed by atoms with van der Waals surface area (Å²) in [5, 5.41) is 44.6. The summed E-state index contributed by atoms with van der Waals surface area (Å²) < 4.78 is 0. The number of phenolic OH excluding ortho intramolecular Hbond substituents is 1. The number of nitrogens with one attached hydrogen (secondary N) is 2. The number of aliphatic hydroxyl groups excluding tert-OH is 2. The first-order valence-corrected chi connectivity index (χ1v) is 11.9. The lowest BCUT2D eigenvalue weighted by Gasteiger charge is -2.33. The lowest BCUT2D eigenvalue weighted by molar-refractivity contribution is -0.140. The normalized spacial score (nSPS) is 23.8. The third-order valence-electron chi connectivity index (χ3n) is 6.94. The molecule has 0 aromatic heterocycles. The molecule has 1 saturated carbocycles. The zero-order valence-electron chi connectivity index (χ0n) is 19.9. The highest BCUT2D eigenvalue weighted by Gasteiger charge is 2.40. The fraction of sp³-hybridized carbons (Fsp3) is 0.520. The van der Waals surface area contributed by atoms with Crippen molar-refractivity contribution in [1.29, 1.82) is 0 Å². The maximum atomic E-state index is 12.9. The Labute approximate surface area is 208 Å². The molecule has 0 aliphatic heterocycles. The number of nitrogens with two attached hydrogens (primary N) is 1. The molecule has 3 rings (SSSR count). The number of carbonyl (C=O) groups is 4. The van der Waals surface area contributed by atoms with E-state index in [-0.39, 0.29) is 37.0 Å². The van der Waals surface area contributed by atoms with E-state index in [1.54, 1.807) is 12.1 Å². The molecule has 0 bridgehead atoms. The molecule has 1 aromatic carbocycles. The summed E-state index contributed by atoms with van der Waals surface area (Å²) in [5.41, 5.74) is 5.51. The van der Waals surface area contributed by atoms with Crippen molar-refractivity contribution in [1.82, 2.24) is 10.6 Å². The van der Waals surface area contributed by atoms with E-state index in [4.69, 9.17) is 5.73 Å². The Morgan fingerprint density at radius 2 is 1.69 bits per heavy atom. The minimum atomic E-state index is -1.37. The lowest BCUT2D eigenvalue weighted by Crippen LogP contribution is -2.52. The van der Waals surface area contributed by atoms with Crippen molar-refractivity contribution >= 4 is 23.7 Å². The first kappa shape index (κ1) is 27.2. The maximum Gasteiger partial charge on any atom is 0.303 e. The van der Waals surface area contributed by atoms with Crippen LogP contribution >= 0.6 is 0 Å². The second-order valence-corrected chi connectivity index (χ2v) is 9.80. The van der Waals surface area contributed by atoms with Crippen molar-refractivity contribution < 1.29 is 39.6 Å². The Bertz CT molecular complexity index is 1020. The molecule has 0 unspecified atom stereocenters. The molecule has 2 aliphatic carbocycles. The molecule has 0 spiro atoms. The minimum absolute atomic E-state index is 0.0373. The van der Waals surface area contributed by atoms with Crippen LogP contribution in [0.15, 0.2) is 35.9 Å². The van der Waals surface area contributed by atoms with E-state index < -0.39 is 53.4 Å². The van der Waals surface area contributed by atoms with E-state index in [9.17, 15) is 39.6 Å². The van der Waals surface area contributed by atoms with Gasteiger partial charge >= 0.3 is 5.97 Å². The molecular formula is C25H33N3O8. The Balaban J connectivity index is 1.69. The predicted molar refractivity (Wildman–Crippen MR) is 127 cm³/mol. The Hall–Kier alpha value is -3.44. The monoisotopic (exact) mass is 503 g/mol. The van der Waals surface area contributed by atoms with Crippen LogP contribution in [0.2, 0.25) is 0 Å². The summed E-state index contributed by atoms with van der Waals surface area (Å²) >= 11 is 0. The van der Waals surface area contributed by atoms with E-state index in [1.807, 2.05) is 0 Å². The van der Waals surface area contributed by atoms with Crippen molar-refractivity contribution in [3.8, 4) is 5.75 Å². The van der Waals surface area contributed by atoms with Gasteiger partial charge < -0.3 is 36.8 Å². The van der Waals surface area contributed by atoms with E-state index in [0.717, 1.165) is 12.8 Å². The summed E-state index contributed by atoms with van der Waals surface area (Å²) in [7, 11) is 0. The van der Waals surface area contributed by atoms with Crippen LogP contribution in [0.3, 0.4) is 0 Å². The molecule has 36 heavy (non-hydrogen) atoms. The maximum absolute atomic E-state index is 12.9. The van der Waals surface area contributed by atoms with Crippen LogP contribution in [-0.4, -0.2) is 68.4 Å². The molecule has 4 atom stereocenters. The first-order chi connectivity index (χ1) is 17.0. The van der Waals surface area contributed by atoms with Crippen LogP contribution in [0.5, 0.6) is 5.75 Å². The highest BCUT2D eigenvalue weighted by atomic mass is 16.4. The molecule has 3 amide bonds. The number of primary amides is 1. The Morgan fingerprint density at radius 3 is 2.28 bits per heavy atom. The van der Waals surface area contributed by atoms with Gasteiger partial charge in [-0.25, -0.2) is 0 Å². The minimum Gasteiger partial charge on any atom is -0.508 e. The SMILES string of the molecule is NC(=O)[C@H](Cc1ccc(O)cc1)NC(=O)C1=C[C@@H](NC(=O)CC2(CC(=O)O)CCCC2)[C@@H](O)[C@H](O)C1. The number of hydrogen-bond acceptors (Lipinski definition) is 7. The van der Waals surface area contributed by atoms with Gasteiger partial charge in [-0.1, -0.05) is 31.1 Å². The zero-order chi connectivity index (χ0) is 26.5. The molecule has 2 aliphatic rings. The van der Waals surface area contributed by atoms with Gasteiger partial charge in [0.15, 0.2) is 0 Å². The van der Waals surface area contributed by atoms with Crippen molar-refractivity contribution in [3.63, 3.8) is 0 Å². The van der Waals surface area contributed by atoms with Crippen LogP contribution < -0.4 is 16.4 Å². The number of phenols is 1. The van der Waals surface area contributed by atoms with Gasteiger partial charge in [0.1, 0.15) is 17.9 Å². The summed E-state index contributed by atoms with van der Waals surface area (Å²) in [6.45, 7) is 0. The smallest absolute Gasteiger partial charge is 0.303 e. The zero-order valence-corrected chi connectivity index (χ0v) is 19.9. The van der Waals surface area contributed by atoms with Gasteiger partial charge in [-0.3, -0.25) is 19.2 Å². The van der Waals surface area contributed by atoms with Gasteiger partial charge in [-0.15, -0.1) is 0 Å². The standard InChI is InChI=1S/C25H33N3O8/c26-23(35)18(9-14-3-5-16(29)6-4-14)28-24(36)15-10-17(22(34)19(30)11-15)27-20(31)12-25(13-21(32)33)7-1-2-8-25/h3-6,10,17-19,22,29-30,34H,1-2,7-9,11-13H2,(H2,26,35)(H,27,31)(H,28,36)(H,32,33)/t17-,18+,19-,22-/m1/s1. The molecule has 1 fully saturated rings. The number of aliphatic hydroxyl groups is 2. The molecule has 0 heterocycles. The first-order valence-electron chi connectivity index (χ1n) is 11.9. The lowest BCUT2D eigenvalue weighted by atomic mass is 9.79. The molecular weight excluding hydrogens is 470 g/mol. The van der Waals surface area contributed by atoms with E-state index in [2.05, 4.69) is 10.6 Å². The van der Waals surface area contributed by atoms with E-state index in [1.165, 1.54) is 18.2 Å². The highest BCUT2D eigenvalue weighted by Crippen LogP contribution is 2.44. The van der Waals surface area contributed by atoms with Crippen molar-refractivity contribution in [2.75, 3.05) is 0 Å². The number of aliphatic carboxylic acids is 1. The average molecular weight is 504 g/mol. The van der Waals surface area contributed by atoms with Gasteiger partial charge in [0, 0.05) is 24.8 Å². The fourth-order valence-electron chi connectivity index (χ4n) is 5.04. The van der Waals surface area contributed by atoms with Crippen molar-refractivity contribution in [2.45, 2.75) is 75.7 Å². The highest BCUT2D eigenvalue weighted by molar-refractivity contribution is 5.97. The van der Waals surface area contributed by atoms with Gasteiger partial charge in [0.2, 0.25) is 17.7 Å². The predicted octanol–water partition coefficient (Wildman–Crippen LogP) is -0.133. The molecule has 0 saturated heterocycles. The number of carboxylic acids is 1. The summed E-state index contributed by atoms with van der Waals surface area (Å²) in [5.74, 6) is -2.87. The second-order valence-electron chi connectivity index (χ2n) is 9.80. The molecule has 196 valence electrons. The van der Waals surface area contributed by atoms with Gasteiger partial charge in [-0.2, -0.15) is 0 Å². The number of carboxylic acid groups (broad SMARTS) is 1. The Morgan fingerprint density at radius 1 is 1.06 bits per heavy atom. The topological polar surface area (TPSA) is 199 Å². The molecule has 11 heteroatoms. The molecule has 0 radical (unpaired) electrons. The van der Waals surface area contributed by atoms with Crippen LogP contribution in [0.25, 0.3) is 0 Å². The Kier molecular flexibility index (Phi) is 8.70.